The number of likely N-dealkylation sites (tertiary alicyclic amines) is 1. The monoisotopic (exact) mass is 324 g/mol. The highest BCUT2D eigenvalue weighted by atomic mass is 32.2. The van der Waals surface area contributed by atoms with Crippen LogP contribution in [0.5, 0.6) is 0 Å². The van der Waals surface area contributed by atoms with Crippen molar-refractivity contribution in [2.24, 2.45) is 0 Å². The van der Waals surface area contributed by atoms with Crippen LogP contribution in [0.15, 0.2) is 29.2 Å². The fourth-order valence-corrected chi connectivity index (χ4v) is 4.43. The van der Waals surface area contributed by atoms with E-state index in [4.69, 9.17) is 0 Å². The summed E-state index contributed by atoms with van der Waals surface area (Å²) in [6, 6.07) is 0.00619. The molecular weight excluding hydrogens is 300 g/mol. The molecule has 0 unspecified atom stereocenters. The number of hydrogen-bond acceptors (Lipinski definition) is 4. The van der Waals surface area contributed by atoms with Crippen LogP contribution in [0, 0.1) is 0 Å². The van der Waals surface area contributed by atoms with Gasteiger partial charge < -0.3 is 4.98 Å². The van der Waals surface area contributed by atoms with E-state index in [1.807, 2.05) is 0 Å². The molecule has 0 saturated carbocycles. The van der Waals surface area contributed by atoms with Gasteiger partial charge in [0.25, 0.3) is 10.0 Å². The fraction of sp³-hybridized carbons (Fsp3) is 0.667. The van der Waals surface area contributed by atoms with Crippen molar-refractivity contribution in [1.82, 2.24) is 19.6 Å². The van der Waals surface area contributed by atoms with Crippen molar-refractivity contribution < 1.29 is 8.42 Å². The number of allylic oxidation sites excluding steroid dienone is 1. The Morgan fingerprint density at radius 3 is 2.77 bits per heavy atom. The first kappa shape index (κ1) is 15.7. The lowest BCUT2D eigenvalue weighted by Crippen LogP contribution is -2.45. The third-order valence-electron chi connectivity index (χ3n) is 4.45. The molecule has 7 heteroatoms. The Labute approximate surface area is 132 Å². The van der Waals surface area contributed by atoms with Gasteiger partial charge in [-0.1, -0.05) is 11.6 Å². The van der Waals surface area contributed by atoms with Crippen molar-refractivity contribution >= 4 is 10.0 Å². The van der Waals surface area contributed by atoms with Crippen LogP contribution in [0.3, 0.4) is 0 Å². The van der Waals surface area contributed by atoms with Crippen molar-refractivity contribution in [3.05, 3.63) is 24.0 Å². The van der Waals surface area contributed by atoms with Crippen LogP contribution in [-0.2, 0) is 10.0 Å². The molecule has 122 valence electrons. The molecule has 6 nitrogen and oxygen atoms in total. The summed E-state index contributed by atoms with van der Waals surface area (Å²) in [6.07, 6.45) is 12.1. The standard InChI is InChI=1S/C15H24N4O2S/c20-22(21,15-16-8-9-17-15)18-14-6-10-19(11-7-14)12-13-4-2-1-3-5-13/h4,8-9,14,18H,1-3,5-7,10-12H2,(H,16,17). The second-order valence-electron chi connectivity index (χ2n) is 6.17. The number of sulfonamides is 1. The summed E-state index contributed by atoms with van der Waals surface area (Å²) >= 11 is 0. The van der Waals surface area contributed by atoms with Gasteiger partial charge in [0.2, 0.25) is 5.16 Å². The zero-order valence-corrected chi connectivity index (χ0v) is 13.6. The second kappa shape index (κ2) is 6.93. The largest absolute Gasteiger partial charge is 0.334 e. The molecule has 2 aliphatic rings. The molecule has 0 radical (unpaired) electrons. The van der Waals surface area contributed by atoms with Crippen molar-refractivity contribution in [3.8, 4) is 0 Å². The normalized spacial score (nSPS) is 21.7. The van der Waals surface area contributed by atoms with E-state index in [-0.39, 0.29) is 11.2 Å². The van der Waals surface area contributed by atoms with Gasteiger partial charge in [-0.15, -0.1) is 0 Å². The molecule has 2 N–H and O–H groups in total. The molecule has 0 aromatic carbocycles. The highest BCUT2D eigenvalue weighted by Crippen LogP contribution is 2.20. The summed E-state index contributed by atoms with van der Waals surface area (Å²) in [7, 11) is -3.51. The van der Waals surface area contributed by atoms with Crippen LogP contribution in [-0.4, -0.2) is 49.0 Å². The zero-order chi connectivity index (χ0) is 15.4. The number of aromatic nitrogens is 2. The lowest BCUT2D eigenvalue weighted by Gasteiger charge is -2.33. The Bertz CT molecular complexity index is 601. The maximum atomic E-state index is 12.1. The number of nitrogens with one attached hydrogen (secondary N) is 2. The van der Waals surface area contributed by atoms with E-state index in [9.17, 15) is 8.42 Å². The molecule has 3 rings (SSSR count). The number of imidazole rings is 1. The molecule has 0 bridgehead atoms. The molecule has 0 atom stereocenters. The third-order valence-corrected chi connectivity index (χ3v) is 5.82. The van der Waals surface area contributed by atoms with Crippen LogP contribution in [0.4, 0.5) is 0 Å². The summed E-state index contributed by atoms with van der Waals surface area (Å²) in [5.74, 6) is 0. The van der Waals surface area contributed by atoms with Crippen LogP contribution in [0.1, 0.15) is 38.5 Å². The fourth-order valence-electron chi connectivity index (χ4n) is 3.22. The van der Waals surface area contributed by atoms with E-state index < -0.39 is 10.0 Å². The maximum Gasteiger partial charge on any atom is 0.274 e. The topological polar surface area (TPSA) is 78.1 Å². The summed E-state index contributed by atoms with van der Waals surface area (Å²) in [5.41, 5.74) is 1.56. The van der Waals surface area contributed by atoms with Gasteiger partial charge in [0.05, 0.1) is 0 Å². The highest BCUT2D eigenvalue weighted by Gasteiger charge is 2.26. The average molecular weight is 324 g/mol. The Hall–Kier alpha value is -1.18. The lowest BCUT2D eigenvalue weighted by molar-refractivity contribution is 0.220. The smallest absolute Gasteiger partial charge is 0.274 e. The first-order valence-corrected chi connectivity index (χ1v) is 9.54. The van der Waals surface area contributed by atoms with Gasteiger partial charge >= 0.3 is 0 Å². The van der Waals surface area contributed by atoms with Gasteiger partial charge in [-0.25, -0.2) is 18.1 Å². The van der Waals surface area contributed by atoms with E-state index in [1.165, 1.54) is 38.1 Å². The number of rotatable bonds is 5. The molecule has 1 aliphatic heterocycles. The number of piperidine rings is 1. The number of nitrogens with zero attached hydrogens (tertiary/aromatic N) is 2. The zero-order valence-electron chi connectivity index (χ0n) is 12.8. The van der Waals surface area contributed by atoms with Crippen LogP contribution < -0.4 is 4.72 Å². The van der Waals surface area contributed by atoms with Crippen molar-refractivity contribution in [2.75, 3.05) is 19.6 Å². The van der Waals surface area contributed by atoms with Gasteiger partial charge in [-0.05, 0) is 51.6 Å². The molecule has 1 fully saturated rings. The molecule has 1 aromatic rings. The Kier molecular flexibility index (Phi) is 4.95. The minimum atomic E-state index is -3.51. The first-order valence-electron chi connectivity index (χ1n) is 8.05. The summed E-state index contributed by atoms with van der Waals surface area (Å²) in [6.45, 7) is 2.95. The minimum Gasteiger partial charge on any atom is -0.334 e. The van der Waals surface area contributed by atoms with E-state index in [2.05, 4.69) is 25.7 Å². The Morgan fingerprint density at radius 2 is 2.14 bits per heavy atom. The lowest BCUT2D eigenvalue weighted by atomic mass is 9.98. The van der Waals surface area contributed by atoms with Crippen molar-refractivity contribution in [2.45, 2.75) is 49.7 Å². The summed E-state index contributed by atoms with van der Waals surface area (Å²) < 4.78 is 27.0. The van der Waals surface area contributed by atoms with Gasteiger partial charge in [0.15, 0.2) is 0 Å². The van der Waals surface area contributed by atoms with Crippen LogP contribution in [0.2, 0.25) is 0 Å². The Morgan fingerprint density at radius 1 is 1.32 bits per heavy atom. The molecule has 1 aliphatic carbocycles. The van der Waals surface area contributed by atoms with Gasteiger partial charge in [-0.2, -0.15) is 0 Å². The third kappa shape index (κ3) is 3.97. The Balaban J connectivity index is 1.48. The first-order chi connectivity index (χ1) is 10.6. The van der Waals surface area contributed by atoms with Crippen molar-refractivity contribution in [3.63, 3.8) is 0 Å². The predicted octanol–water partition coefficient (Wildman–Crippen LogP) is 1.65. The number of hydrogen-bond donors (Lipinski definition) is 2. The van der Waals surface area contributed by atoms with Gasteiger partial charge in [0.1, 0.15) is 0 Å². The predicted molar refractivity (Wildman–Crippen MR) is 84.9 cm³/mol. The molecular formula is C15H24N4O2S. The maximum absolute atomic E-state index is 12.1. The molecule has 1 aromatic heterocycles. The highest BCUT2D eigenvalue weighted by molar-refractivity contribution is 7.89. The van der Waals surface area contributed by atoms with E-state index in [0.29, 0.717) is 0 Å². The average Bonchev–Trinajstić information content (AvgIpc) is 3.05. The SMILES string of the molecule is O=S(=O)(NC1CCN(CC2=CCCCC2)CC1)c1ncc[nH]1. The minimum absolute atomic E-state index is 0.00212. The quantitative estimate of drug-likeness (QED) is 0.807. The van der Waals surface area contributed by atoms with E-state index >= 15 is 0 Å². The van der Waals surface area contributed by atoms with Crippen LogP contribution in [0.25, 0.3) is 0 Å². The molecule has 22 heavy (non-hydrogen) atoms. The molecule has 0 spiro atoms. The van der Waals surface area contributed by atoms with E-state index in [0.717, 1.165) is 32.5 Å². The second-order valence-corrected chi connectivity index (χ2v) is 7.80. The van der Waals surface area contributed by atoms with Crippen molar-refractivity contribution in [1.29, 1.82) is 0 Å². The van der Waals surface area contributed by atoms with Crippen LogP contribution >= 0.6 is 0 Å². The summed E-state index contributed by atoms with van der Waals surface area (Å²) in [4.78, 5) is 8.91. The molecule has 1 saturated heterocycles. The number of aromatic amines is 1. The van der Waals surface area contributed by atoms with Gasteiger partial charge in [-0.3, -0.25) is 4.90 Å². The summed E-state index contributed by atoms with van der Waals surface area (Å²) in [5, 5.41) is 0.00212. The van der Waals surface area contributed by atoms with E-state index in [1.54, 1.807) is 5.57 Å². The number of H-pyrrole nitrogens is 1. The molecule has 0 amide bonds. The molecule has 2 heterocycles. The van der Waals surface area contributed by atoms with Gasteiger partial charge in [0, 0.05) is 25.0 Å².